The summed E-state index contributed by atoms with van der Waals surface area (Å²) in [5.41, 5.74) is 3.75. The number of nitrogens with zero attached hydrogens (tertiary/aromatic N) is 1. The zero-order valence-corrected chi connectivity index (χ0v) is 12.8. The lowest BCUT2D eigenvalue weighted by atomic mass is 10.0. The zero-order chi connectivity index (χ0) is 14.5. The molecule has 1 unspecified atom stereocenters. The molecule has 21 heavy (non-hydrogen) atoms. The molecule has 0 aliphatic rings. The van der Waals surface area contributed by atoms with E-state index in [4.69, 9.17) is 0 Å². The molecule has 1 heterocycles. The quantitative estimate of drug-likeness (QED) is 0.749. The molecule has 1 N–H and O–H groups in total. The molecule has 0 saturated carbocycles. The van der Waals surface area contributed by atoms with E-state index in [1.54, 1.807) is 11.3 Å². The van der Waals surface area contributed by atoms with E-state index in [1.165, 1.54) is 16.7 Å². The van der Waals surface area contributed by atoms with Crippen LogP contribution in [0.3, 0.4) is 0 Å². The van der Waals surface area contributed by atoms with Crippen LogP contribution in [0.4, 0.5) is 0 Å². The van der Waals surface area contributed by atoms with E-state index in [0.717, 1.165) is 11.6 Å². The number of benzene rings is 2. The fraction of sp³-hybridized carbons (Fsp3) is 0.167. The van der Waals surface area contributed by atoms with E-state index in [2.05, 4.69) is 65.8 Å². The van der Waals surface area contributed by atoms with Crippen LogP contribution in [-0.4, -0.2) is 11.5 Å². The number of hydrogen-bond acceptors (Lipinski definition) is 3. The van der Waals surface area contributed by atoms with Crippen molar-refractivity contribution in [2.24, 2.45) is 0 Å². The van der Waals surface area contributed by atoms with Crippen LogP contribution in [0.1, 0.15) is 23.5 Å². The van der Waals surface area contributed by atoms with Gasteiger partial charge in [0.25, 0.3) is 0 Å². The summed E-state index contributed by atoms with van der Waals surface area (Å²) < 4.78 is 0. The van der Waals surface area contributed by atoms with Crippen molar-refractivity contribution in [2.45, 2.75) is 13.0 Å². The van der Waals surface area contributed by atoms with E-state index in [9.17, 15) is 0 Å². The van der Waals surface area contributed by atoms with Gasteiger partial charge in [-0.1, -0.05) is 61.5 Å². The Morgan fingerprint density at radius 1 is 1.00 bits per heavy atom. The summed E-state index contributed by atoms with van der Waals surface area (Å²) in [6, 6.07) is 19.4. The average Bonchev–Trinajstić information content (AvgIpc) is 3.08. The van der Waals surface area contributed by atoms with Gasteiger partial charge in [0.1, 0.15) is 5.01 Å². The third-order valence-electron chi connectivity index (χ3n) is 3.46. The Kier molecular flexibility index (Phi) is 4.43. The Morgan fingerprint density at radius 2 is 1.71 bits per heavy atom. The van der Waals surface area contributed by atoms with Gasteiger partial charge in [-0.05, 0) is 23.2 Å². The van der Waals surface area contributed by atoms with Gasteiger partial charge < -0.3 is 5.32 Å². The van der Waals surface area contributed by atoms with Crippen molar-refractivity contribution in [3.63, 3.8) is 0 Å². The van der Waals surface area contributed by atoms with Gasteiger partial charge >= 0.3 is 0 Å². The molecule has 2 aromatic carbocycles. The topological polar surface area (TPSA) is 24.9 Å². The van der Waals surface area contributed by atoms with Crippen LogP contribution in [0, 0.1) is 0 Å². The van der Waals surface area contributed by atoms with Crippen molar-refractivity contribution in [3.05, 3.63) is 76.7 Å². The molecule has 0 radical (unpaired) electrons. The number of thiazole rings is 1. The van der Waals surface area contributed by atoms with Crippen LogP contribution >= 0.6 is 11.3 Å². The lowest BCUT2D eigenvalue weighted by Crippen LogP contribution is -2.21. The second kappa shape index (κ2) is 6.66. The highest BCUT2D eigenvalue weighted by atomic mass is 32.1. The number of hydrogen-bond donors (Lipinski definition) is 1. The first kappa shape index (κ1) is 14.0. The standard InChI is InChI=1S/C18H18N2S/c1-2-19-17(18-20-12-13-21-18)16-10-8-15(9-11-16)14-6-4-3-5-7-14/h3-13,17,19H,2H2,1H3. The van der Waals surface area contributed by atoms with Crippen molar-refractivity contribution in [1.82, 2.24) is 10.3 Å². The summed E-state index contributed by atoms with van der Waals surface area (Å²) in [6.07, 6.45) is 1.86. The molecule has 2 nitrogen and oxygen atoms in total. The lowest BCUT2D eigenvalue weighted by molar-refractivity contribution is 0.627. The molecule has 1 atom stereocenters. The Labute approximate surface area is 129 Å². The second-order valence-electron chi connectivity index (χ2n) is 4.85. The van der Waals surface area contributed by atoms with E-state index in [0.29, 0.717) is 0 Å². The molecule has 3 rings (SSSR count). The molecule has 3 heteroatoms. The number of nitrogens with one attached hydrogen (secondary N) is 1. The molecule has 0 aliphatic carbocycles. The molecule has 3 aromatic rings. The second-order valence-corrected chi connectivity index (χ2v) is 5.78. The minimum absolute atomic E-state index is 0.180. The monoisotopic (exact) mass is 294 g/mol. The maximum atomic E-state index is 4.45. The van der Waals surface area contributed by atoms with Crippen molar-refractivity contribution in [2.75, 3.05) is 6.54 Å². The Bertz CT molecular complexity index is 660. The molecule has 0 fully saturated rings. The van der Waals surface area contributed by atoms with Gasteiger partial charge in [-0.3, -0.25) is 0 Å². The first-order valence-corrected chi connectivity index (χ1v) is 8.04. The van der Waals surface area contributed by atoms with E-state index in [-0.39, 0.29) is 6.04 Å². The summed E-state index contributed by atoms with van der Waals surface area (Å²) in [4.78, 5) is 4.45. The van der Waals surface area contributed by atoms with Crippen LogP contribution in [0.15, 0.2) is 66.2 Å². The van der Waals surface area contributed by atoms with Crippen LogP contribution in [0.25, 0.3) is 11.1 Å². The molecule has 0 spiro atoms. The number of aromatic nitrogens is 1. The molecule has 0 amide bonds. The maximum Gasteiger partial charge on any atom is 0.114 e. The predicted octanol–water partition coefficient (Wildman–Crippen LogP) is 4.51. The molecule has 106 valence electrons. The van der Waals surface area contributed by atoms with Crippen LogP contribution < -0.4 is 5.32 Å². The highest BCUT2D eigenvalue weighted by Crippen LogP contribution is 2.26. The Morgan fingerprint density at radius 3 is 2.33 bits per heavy atom. The van der Waals surface area contributed by atoms with Gasteiger partial charge in [-0.15, -0.1) is 11.3 Å². The van der Waals surface area contributed by atoms with Crippen LogP contribution in [-0.2, 0) is 0 Å². The first-order chi connectivity index (χ1) is 10.4. The molecular weight excluding hydrogens is 276 g/mol. The Balaban J connectivity index is 1.89. The smallest absolute Gasteiger partial charge is 0.114 e. The molecule has 0 aliphatic heterocycles. The first-order valence-electron chi connectivity index (χ1n) is 7.16. The zero-order valence-electron chi connectivity index (χ0n) is 12.0. The summed E-state index contributed by atoms with van der Waals surface area (Å²) in [5, 5.41) is 6.65. The summed E-state index contributed by atoms with van der Waals surface area (Å²) in [5.74, 6) is 0. The van der Waals surface area contributed by atoms with E-state index < -0.39 is 0 Å². The molecule has 0 saturated heterocycles. The summed E-state index contributed by atoms with van der Waals surface area (Å²) >= 11 is 1.69. The van der Waals surface area contributed by atoms with Crippen molar-refractivity contribution in [3.8, 4) is 11.1 Å². The van der Waals surface area contributed by atoms with Crippen molar-refractivity contribution >= 4 is 11.3 Å². The molecular formula is C18H18N2S. The van der Waals surface area contributed by atoms with Crippen LogP contribution in [0.2, 0.25) is 0 Å². The van der Waals surface area contributed by atoms with Crippen molar-refractivity contribution in [1.29, 1.82) is 0 Å². The minimum Gasteiger partial charge on any atom is -0.305 e. The van der Waals surface area contributed by atoms with E-state index >= 15 is 0 Å². The lowest BCUT2D eigenvalue weighted by Gasteiger charge is -2.16. The van der Waals surface area contributed by atoms with Gasteiger partial charge in [-0.25, -0.2) is 4.98 Å². The van der Waals surface area contributed by atoms with Gasteiger partial charge in [0.05, 0.1) is 6.04 Å². The number of rotatable bonds is 5. The third kappa shape index (κ3) is 3.20. The average molecular weight is 294 g/mol. The van der Waals surface area contributed by atoms with Crippen molar-refractivity contribution < 1.29 is 0 Å². The molecule has 1 aromatic heterocycles. The minimum atomic E-state index is 0.180. The highest BCUT2D eigenvalue weighted by Gasteiger charge is 2.15. The fourth-order valence-corrected chi connectivity index (χ4v) is 3.17. The maximum absolute atomic E-state index is 4.45. The summed E-state index contributed by atoms with van der Waals surface area (Å²) in [6.45, 7) is 3.05. The predicted molar refractivity (Wildman–Crippen MR) is 89.5 cm³/mol. The fourth-order valence-electron chi connectivity index (χ4n) is 2.43. The van der Waals surface area contributed by atoms with Gasteiger partial charge in [0, 0.05) is 11.6 Å². The van der Waals surface area contributed by atoms with Gasteiger partial charge in [0.2, 0.25) is 0 Å². The SMILES string of the molecule is CCNC(c1ccc(-c2ccccc2)cc1)c1nccs1. The normalized spacial score (nSPS) is 12.2. The molecule has 0 bridgehead atoms. The highest BCUT2D eigenvalue weighted by molar-refractivity contribution is 7.09. The Hall–Kier alpha value is -1.97. The largest absolute Gasteiger partial charge is 0.305 e. The van der Waals surface area contributed by atoms with E-state index in [1.807, 2.05) is 17.6 Å². The van der Waals surface area contributed by atoms with Gasteiger partial charge in [-0.2, -0.15) is 0 Å². The summed E-state index contributed by atoms with van der Waals surface area (Å²) in [7, 11) is 0. The third-order valence-corrected chi connectivity index (χ3v) is 4.30. The van der Waals surface area contributed by atoms with Gasteiger partial charge in [0.15, 0.2) is 0 Å². The van der Waals surface area contributed by atoms with Crippen LogP contribution in [0.5, 0.6) is 0 Å².